The molecule has 2 atom stereocenters. The van der Waals surface area contributed by atoms with E-state index in [-0.39, 0.29) is 17.9 Å². The highest BCUT2D eigenvalue weighted by Gasteiger charge is 2.34. The van der Waals surface area contributed by atoms with Crippen LogP contribution in [-0.2, 0) is 31.6 Å². The Labute approximate surface area is 267 Å². The third-order valence-electron chi connectivity index (χ3n) is 7.98. The molecule has 5 rings (SSSR count). The van der Waals surface area contributed by atoms with Crippen molar-refractivity contribution in [3.8, 4) is 6.07 Å². The number of fused-ring (bicyclic) bond motifs is 1. The second-order valence-corrected chi connectivity index (χ2v) is 13.5. The van der Waals surface area contributed by atoms with Crippen LogP contribution in [0.3, 0.4) is 0 Å². The number of hydrogen-bond acceptors (Lipinski definition) is 9. The van der Waals surface area contributed by atoms with E-state index in [1.165, 1.54) is 12.1 Å². The van der Waals surface area contributed by atoms with Crippen LogP contribution in [-0.4, -0.2) is 61.9 Å². The number of carbonyl (C=O) groups is 3. The predicted molar refractivity (Wildman–Crippen MR) is 171 cm³/mol. The van der Waals surface area contributed by atoms with Gasteiger partial charge in [0.25, 0.3) is 5.89 Å². The summed E-state index contributed by atoms with van der Waals surface area (Å²) in [5.74, 6) is -3.62. The molecule has 0 radical (unpaired) electrons. The number of nitrogens with one attached hydrogen (secondary N) is 3. The minimum absolute atomic E-state index is 0.171. The van der Waals surface area contributed by atoms with E-state index in [1.807, 2.05) is 36.4 Å². The number of ketones is 1. The Morgan fingerprint density at radius 2 is 1.63 bits per heavy atom. The van der Waals surface area contributed by atoms with E-state index in [4.69, 9.17) is 4.42 Å². The fraction of sp³-hybridized carbons (Fsp3) is 0.324. The molecule has 3 N–H and O–H groups in total. The van der Waals surface area contributed by atoms with Crippen molar-refractivity contribution in [1.82, 2.24) is 20.9 Å². The van der Waals surface area contributed by atoms with E-state index in [1.54, 1.807) is 36.4 Å². The highest BCUT2D eigenvalue weighted by Crippen LogP contribution is 2.19. The molecule has 2 heterocycles. The summed E-state index contributed by atoms with van der Waals surface area (Å²) in [6, 6.07) is 22.0. The number of nitrogens with zero attached hydrogens (tertiary/aromatic N) is 2. The van der Waals surface area contributed by atoms with Crippen LogP contribution >= 0.6 is 0 Å². The molecule has 1 aromatic heterocycles. The summed E-state index contributed by atoms with van der Waals surface area (Å²) in [5.41, 5.74) is 2.32. The molecule has 3 aromatic carbocycles. The first-order valence-corrected chi connectivity index (χ1v) is 17.0. The number of amides is 2. The van der Waals surface area contributed by atoms with Gasteiger partial charge in [0.2, 0.25) is 17.6 Å². The maximum Gasteiger partial charge on any atom is 0.266 e. The van der Waals surface area contributed by atoms with Crippen LogP contribution in [0.1, 0.15) is 46.6 Å². The van der Waals surface area contributed by atoms with Gasteiger partial charge >= 0.3 is 0 Å². The number of para-hydroxylation sites is 2. The molecule has 1 saturated heterocycles. The van der Waals surface area contributed by atoms with E-state index in [2.05, 4.69) is 20.9 Å². The fourth-order valence-electron chi connectivity index (χ4n) is 5.49. The van der Waals surface area contributed by atoms with Gasteiger partial charge in [-0.25, -0.2) is 13.4 Å². The summed E-state index contributed by atoms with van der Waals surface area (Å²) in [4.78, 5) is 45.2. The number of aryl methyl sites for hydroxylation is 1. The van der Waals surface area contributed by atoms with E-state index in [0.717, 1.165) is 5.56 Å². The molecule has 1 unspecified atom stereocenters. The molecule has 2 amide bonds. The zero-order valence-electron chi connectivity index (χ0n) is 25.1. The number of aromatic nitrogens is 1. The molecular weight excluding hydrogens is 606 g/mol. The topological polar surface area (TPSA) is 171 Å². The predicted octanol–water partition coefficient (Wildman–Crippen LogP) is 3.10. The average molecular weight is 642 g/mol. The minimum Gasteiger partial charge on any atom is -0.434 e. The quantitative estimate of drug-likeness (QED) is 0.186. The Balaban J connectivity index is 1.40. The normalized spacial score (nSPS) is 15.0. The van der Waals surface area contributed by atoms with Gasteiger partial charge in [0.1, 0.15) is 11.6 Å². The zero-order chi connectivity index (χ0) is 32.5. The number of sulfone groups is 1. The number of benzene rings is 3. The molecule has 11 nitrogen and oxygen atoms in total. The lowest BCUT2D eigenvalue weighted by molar-refractivity contribution is -0.131. The summed E-state index contributed by atoms with van der Waals surface area (Å²) in [5, 5.41) is 18.0. The van der Waals surface area contributed by atoms with E-state index < -0.39 is 56.9 Å². The van der Waals surface area contributed by atoms with Crippen LogP contribution in [0.25, 0.3) is 11.1 Å². The largest absolute Gasteiger partial charge is 0.434 e. The number of piperidine rings is 1. The number of oxazole rings is 1. The summed E-state index contributed by atoms with van der Waals surface area (Å²) in [6.45, 7) is 1.25. The summed E-state index contributed by atoms with van der Waals surface area (Å²) in [6.07, 6.45) is 1.68. The Bertz CT molecular complexity index is 1810. The first-order chi connectivity index (χ1) is 22.2. The zero-order valence-corrected chi connectivity index (χ0v) is 26.0. The first-order valence-electron chi connectivity index (χ1n) is 15.2. The van der Waals surface area contributed by atoms with Gasteiger partial charge in [-0.05, 0) is 68.1 Å². The lowest BCUT2D eigenvalue weighted by Crippen LogP contribution is -2.55. The SMILES string of the molecule is N#Cc1ccccc1CS(=O)(=O)C[C@H](NC(=O)C1CCNCC1)C(=O)NC(CCc1ccccc1)C(=O)c1nc2ccccc2o1. The number of rotatable bonds is 13. The molecule has 0 saturated carbocycles. The highest BCUT2D eigenvalue weighted by molar-refractivity contribution is 7.90. The lowest BCUT2D eigenvalue weighted by Gasteiger charge is -2.26. The van der Waals surface area contributed by atoms with Crippen molar-refractivity contribution in [2.24, 2.45) is 5.92 Å². The Morgan fingerprint density at radius 1 is 0.935 bits per heavy atom. The molecule has 0 aliphatic carbocycles. The van der Waals surface area contributed by atoms with Crippen molar-refractivity contribution in [2.45, 2.75) is 43.5 Å². The molecule has 0 spiro atoms. The van der Waals surface area contributed by atoms with E-state index >= 15 is 0 Å². The number of hydrogen-bond donors (Lipinski definition) is 3. The molecular formula is C34H35N5O6S. The van der Waals surface area contributed by atoms with Crippen LogP contribution in [0.5, 0.6) is 0 Å². The molecule has 46 heavy (non-hydrogen) atoms. The van der Waals surface area contributed by atoms with Crippen LogP contribution in [0.15, 0.2) is 83.3 Å². The van der Waals surface area contributed by atoms with Gasteiger partial charge in [-0.15, -0.1) is 0 Å². The number of Topliss-reactive ketones (excluding diaryl/α,β-unsaturated/α-hetero) is 1. The van der Waals surface area contributed by atoms with Gasteiger partial charge in [0, 0.05) is 5.92 Å². The number of nitriles is 1. The van der Waals surface area contributed by atoms with Crippen LogP contribution in [0.2, 0.25) is 0 Å². The van der Waals surface area contributed by atoms with Gasteiger partial charge in [-0.1, -0.05) is 60.7 Å². The van der Waals surface area contributed by atoms with Crippen molar-refractivity contribution in [3.63, 3.8) is 0 Å². The molecule has 1 fully saturated rings. The van der Waals surface area contributed by atoms with Crippen LogP contribution < -0.4 is 16.0 Å². The second-order valence-electron chi connectivity index (χ2n) is 11.3. The van der Waals surface area contributed by atoms with Gasteiger partial charge in [0.05, 0.1) is 29.2 Å². The maximum atomic E-state index is 13.9. The Morgan fingerprint density at radius 3 is 2.37 bits per heavy atom. The molecule has 1 aliphatic heterocycles. The third kappa shape index (κ3) is 8.44. The van der Waals surface area contributed by atoms with Crippen molar-refractivity contribution < 1.29 is 27.2 Å². The second kappa shape index (κ2) is 14.9. The van der Waals surface area contributed by atoms with Gasteiger partial charge in [-0.2, -0.15) is 5.26 Å². The lowest BCUT2D eigenvalue weighted by atomic mass is 9.97. The monoisotopic (exact) mass is 641 g/mol. The summed E-state index contributed by atoms with van der Waals surface area (Å²) in [7, 11) is -4.02. The summed E-state index contributed by atoms with van der Waals surface area (Å²) >= 11 is 0. The van der Waals surface area contributed by atoms with Gasteiger partial charge in [0.15, 0.2) is 15.4 Å². The van der Waals surface area contributed by atoms with Crippen molar-refractivity contribution in [3.05, 3.63) is 101 Å². The summed E-state index contributed by atoms with van der Waals surface area (Å²) < 4.78 is 32.6. The van der Waals surface area contributed by atoms with Crippen molar-refractivity contribution in [1.29, 1.82) is 5.26 Å². The average Bonchev–Trinajstić information content (AvgIpc) is 3.51. The Hall–Kier alpha value is -4.86. The van der Waals surface area contributed by atoms with Gasteiger partial charge in [-0.3, -0.25) is 14.4 Å². The van der Waals surface area contributed by atoms with Crippen molar-refractivity contribution in [2.75, 3.05) is 18.8 Å². The van der Waals surface area contributed by atoms with Crippen LogP contribution in [0.4, 0.5) is 0 Å². The van der Waals surface area contributed by atoms with Crippen LogP contribution in [0, 0.1) is 17.2 Å². The maximum absolute atomic E-state index is 13.9. The molecule has 4 aromatic rings. The molecule has 12 heteroatoms. The Kier molecular flexibility index (Phi) is 10.6. The van der Waals surface area contributed by atoms with Crippen molar-refractivity contribution >= 4 is 38.5 Å². The first kappa shape index (κ1) is 32.5. The van der Waals surface area contributed by atoms with E-state index in [9.17, 15) is 28.1 Å². The number of carbonyl (C=O) groups excluding carboxylic acids is 3. The van der Waals surface area contributed by atoms with Gasteiger partial charge < -0.3 is 20.4 Å². The third-order valence-corrected chi connectivity index (χ3v) is 9.57. The smallest absolute Gasteiger partial charge is 0.266 e. The standard InChI is InChI=1S/C34H35N5O6S/c35-20-25-10-4-5-11-26(25)21-46(43,44)22-29(38-32(41)24-16-18-36-19-17-24)33(42)37-28(15-14-23-8-2-1-3-9-23)31(40)34-39-27-12-6-7-13-30(27)45-34/h1-13,24,28-29,36H,14-19,21-22H2,(H,37,42)(H,38,41)/t28?,29-/m0/s1. The van der Waals surface area contributed by atoms with E-state index in [0.29, 0.717) is 49.0 Å². The molecule has 0 bridgehead atoms. The fourth-order valence-corrected chi connectivity index (χ4v) is 7.07. The highest BCUT2D eigenvalue weighted by atomic mass is 32.2. The molecule has 238 valence electrons. The minimum atomic E-state index is -4.02. The molecule has 1 aliphatic rings.